The first-order valence-electron chi connectivity index (χ1n) is 8.17. The Morgan fingerprint density at radius 1 is 0.833 bits per heavy atom. The van der Waals surface area contributed by atoms with Crippen LogP contribution in [-0.2, 0) is 36.8 Å². The van der Waals surface area contributed by atoms with Crippen LogP contribution in [0.2, 0.25) is 0 Å². The minimum atomic E-state index is -3.74. The molecule has 0 aliphatic carbocycles. The van der Waals surface area contributed by atoms with Crippen molar-refractivity contribution in [3.63, 3.8) is 0 Å². The Morgan fingerprint density at radius 2 is 1.21 bits per heavy atom. The Bertz CT molecular complexity index is 404. The summed E-state index contributed by atoms with van der Waals surface area (Å²) >= 11 is 0. The van der Waals surface area contributed by atoms with Gasteiger partial charge < -0.3 is 22.8 Å². The van der Waals surface area contributed by atoms with Crippen molar-refractivity contribution in [1.29, 1.82) is 0 Å². The lowest BCUT2D eigenvalue weighted by atomic mass is 10.2. The van der Waals surface area contributed by atoms with Gasteiger partial charge in [0.15, 0.2) is 5.40 Å². The topological polar surface area (TPSA) is 97.4 Å². The molecular formula is C14H30O8P2. The fourth-order valence-electron chi connectivity index (χ4n) is 2.16. The van der Waals surface area contributed by atoms with Crippen LogP contribution in [-0.4, -0.2) is 44.9 Å². The summed E-state index contributed by atoms with van der Waals surface area (Å²) in [5.74, 6) is -0.404. The number of esters is 1. The van der Waals surface area contributed by atoms with E-state index in [9.17, 15) is 13.9 Å². The maximum absolute atomic E-state index is 13.2. The molecule has 0 unspecified atom stereocenters. The number of carbonyl (C=O) groups excluding carboxylic acids is 1. The molecule has 0 aliphatic rings. The van der Waals surface area contributed by atoms with Gasteiger partial charge in [-0.25, -0.2) is 0 Å². The van der Waals surface area contributed by atoms with Gasteiger partial charge in [-0.1, -0.05) is 0 Å². The zero-order valence-electron chi connectivity index (χ0n) is 15.2. The first-order chi connectivity index (χ1) is 11.3. The average Bonchev–Trinajstić information content (AvgIpc) is 2.51. The van der Waals surface area contributed by atoms with Gasteiger partial charge in [0.05, 0.1) is 33.5 Å². The summed E-state index contributed by atoms with van der Waals surface area (Å²) in [6.07, 6.45) is 0.527. The number of methoxy groups -OCH3 is 1. The lowest BCUT2D eigenvalue weighted by Crippen LogP contribution is -2.18. The summed E-state index contributed by atoms with van der Waals surface area (Å²) in [7, 11) is -6.20. The molecule has 0 aliphatic heterocycles. The quantitative estimate of drug-likeness (QED) is 0.323. The van der Waals surface area contributed by atoms with Gasteiger partial charge in [0.2, 0.25) is 0 Å². The Kier molecular flexibility index (Phi) is 12.1. The Balaban J connectivity index is 5.56. The molecule has 0 aromatic carbocycles. The highest BCUT2D eigenvalue weighted by Gasteiger charge is 2.50. The normalized spacial score (nSPS) is 12.6. The lowest BCUT2D eigenvalue weighted by molar-refractivity contribution is -0.140. The molecule has 0 spiro atoms. The van der Waals surface area contributed by atoms with E-state index in [2.05, 4.69) is 4.74 Å². The predicted molar refractivity (Wildman–Crippen MR) is 91.4 cm³/mol. The van der Waals surface area contributed by atoms with Crippen LogP contribution >= 0.6 is 15.2 Å². The van der Waals surface area contributed by atoms with Gasteiger partial charge in [0.1, 0.15) is 0 Å². The number of ether oxygens (including phenoxy) is 1. The molecule has 0 atom stereocenters. The Labute approximate surface area is 144 Å². The number of rotatable bonds is 14. The molecule has 0 rings (SSSR count). The fourth-order valence-corrected chi connectivity index (χ4v) is 7.62. The minimum absolute atomic E-state index is 0.101. The van der Waals surface area contributed by atoms with E-state index in [4.69, 9.17) is 18.1 Å². The predicted octanol–water partition coefficient (Wildman–Crippen LogP) is 4.19. The van der Waals surface area contributed by atoms with Crippen molar-refractivity contribution in [2.45, 2.75) is 52.4 Å². The van der Waals surface area contributed by atoms with Crippen LogP contribution in [0.3, 0.4) is 0 Å². The number of hydrogen-bond acceptors (Lipinski definition) is 8. The first-order valence-corrected chi connectivity index (χ1v) is 11.4. The van der Waals surface area contributed by atoms with Crippen molar-refractivity contribution in [3.8, 4) is 0 Å². The molecule has 0 N–H and O–H groups in total. The number of hydrogen-bond donors (Lipinski definition) is 0. The molecule has 0 heterocycles. The highest BCUT2D eigenvalue weighted by molar-refractivity contribution is 7.72. The zero-order chi connectivity index (χ0) is 18.6. The van der Waals surface area contributed by atoms with Crippen LogP contribution in [0.5, 0.6) is 0 Å². The summed E-state index contributed by atoms with van der Waals surface area (Å²) < 4.78 is 52.3. The maximum Gasteiger partial charge on any atom is 0.345 e. The van der Waals surface area contributed by atoms with Gasteiger partial charge in [0, 0.05) is 6.42 Å². The Hall–Kier alpha value is -0.230. The maximum atomic E-state index is 13.2. The molecule has 0 bridgehead atoms. The summed E-state index contributed by atoms with van der Waals surface area (Å²) in [6.45, 7) is 7.19. The van der Waals surface area contributed by atoms with Crippen LogP contribution in [0.1, 0.15) is 47.0 Å². The molecule has 8 nitrogen and oxygen atoms in total. The molecule has 0 saturated heterocycles. The van der Waals surface area contributed by atoms with Crippen molar-refractivity contribution >= 4 is 21.2 Å². The summed E-state index contributed by atoms with van der Waals surface area (Å²) in [5, 5.41) is -1.09. The molecule has 0 aromatic rings. The highest BCUT2D eigenvalue weighted by Crippen LogP contribution is 2.71. The third-order valence-corrected chi connectivity index (χ3v) is 9.18. The van der Waals surface area contributed by atoms with Crippen LogP contribution in [0.4, 0.5) is 0 Å². The molecule has 10 heteroatoms. The van der Waals surface area contributed by atoms with E-state index < -0.39 is 26.6 Å². The van der Waals surface area contributed by atoms with Crippen LogP contribution < -0.4 is 0 Å². The second-order valence-corrected chi connectivity index (χ2v) is 9.55. The highest BCUT2D eigenvalue weighted by atomic mass is 31.2. The fraction of sp³-hybridized carbons (Fsp3) is 0.929. The molecular weight excluding hydrogens is 358 g/mol. The first kappa shape index (κ1) is 23.8. The third-order valence-electron chi connectivity index (χ3n) is 3.04. The summed E-state index contributed by atoms with van der Waals surface area (Å²) in [4.78, 5) is 11.3. The van der Waals surface area contributed by atoms with E-state index >= 15 is 0 Å². The van der Waals surface area contributed by atoms with Crippen molar-refractivity contribution in [1.82, 2.24) is 0 Å². The van der Waals surface area contributed by atoms with Gasteiger partial charge in [-0.2, -0.15) is 0 Å². The van der Waals surface area contributed by atoms with Crippen LogP contribution in [0, 0.1) is 0 Å². The Morgan fingerprint density at radius 3 is 1.50 bits per heavy atom. The van der Waals surface area contributed by atoms with Gasteiger partial charge >= 0.3 is 21.2 Å². The van der Waals surface area contributed by atoms with E-state index in [1.807, 2.05) is 0 Å². The van der Waals surface area contributed by atoms with Crippen molar-refractivity contribution in [3.05, 3.63) is 0 Å². The molecule has 0 saturated carbocycles. The second-order valence-electron chi connectivity index (χ2n) is 4.70. The molecule has 0 fully saturated rings. The molecule has 0 radical (unpaired) electrons. The van der Waals surface area contributed by atoms with Gasteiger partial charge in [-0.05, 0) is 40.5 Å². The third kappa shape index (κ3) is 7.34. The standard InChI is InChI=1S/C14H30O8P2/c1-6-19-23(16,20-7-2)14(12-10-11-13(15)18-5)24(17,21-8-3)22-9-4/h14H,6-12H2,1-5H3. The SMILES string of the molecule is CCOP(=O)(OCC)C(CCCC(=O)OC)P(=O)(OCC)OCC. The molecule has 0 amide bonds. The van der Waals surface area contributed by atoms with E-state index in [1.54, 1.807) is 27.7 Å². The van der Waals surface area contributed by atoms with E-state index in [1.165, 1.54) is 7.11 Å². The molecule has 0 aromatic heterocycles. The second kappa shape index (κ2) is 12.2. The van der Waals surface area contributed by atoms with Gasteiger partial charge in [-0.15, -0.1) is 0 Å². The lowest BCUT2D eigenvalue weighted by Gasteiger charge is -2.31. The molecule has 24 heavy (non-hydrogen) atoms. The molecule has 144 valence electrons. The summed E-state index contributed by atoms with van der Waals surface area (Å²) in [5.41, 5.74) is 0. The van der Waals surface area contributed by atoms with Gasteiger partial charge in [0.25, 0.3) is 0 Å². The monoisotopic (exact) mass is 388 g/mol. The van der Waals surface area contributed by atoms with Crippen LogP contribution in [0.15, 0.2) is 0 Å². The average molecular weight is 388 g/mol. The van der Waals surface area contributed by atoms with Crippen molar-refractivity contribution < 1.29 is 36.8 Å². The van der Waals surface area contributed by atoms with Crippen LogP contribution in [0.25, 0.3) is 0 Å². The van der Waals surface area contributed by atoms with Crippen molar-refractivity contribution in [2.24, 2.45) is 0 Å². The summed E-state index contributed by atoms with van der Waals surface area (Å²) in [6, 6.07) is 0. The van der Waals surface area contributed by atoms with Crippen molar-refractivity contribution in [2.75, 3.05) is 33.5 Å². The van der Waals surface area contributed by atoms with Gasteiger partial charge in [-0.3, -0.25) is 13.9 Å². The minimum Gasteiger partial charge on any atom is -0.469 e. The largest absolute Gasteiger partial charge is 0.469 e. The van der Waals surface area contributed by atoms with E-state index in [0.717, 1.165) is 0 Å². The number of carbonyl (C=O) groups is 1. The van der Waals surface area contributed by atoms with E-state index in [0.29, 0.717) is 6.42 Å². The zero-order valence-corrected chi connectivity index (χ0v) is 17.0. The smallest absolute Gasteiger partial charge is 0.345 e. The van der Waals surface area contributed by atoms with E-state index in [-0.39, 0.29) is 39.3 Å².